The minimum Gasteiger partial charge on any atom is -0.227 e. The lowest BCUT2D eigenvalue weighted by Gasteiger charge is -2.08. The zero-order chi connectivity index (χ0) is 14.8. The van der Waals surface area contributed by atoms with E-state index < -0.39 is 0 Å². The van der Waals surface area contributed by atoms with Gasteiger partial charge in [-0.15, -0.1) is 0 Å². The van der Waals surface area contributed by atoms with Crippen molar-refractivity contribution in [2.24, 2.45) is 0 Å². The average molecular weight is 411 g/mol. The predicted octanol–water partition coefficient (Wildman–Crippen LogP) is 5.21. The van der Waals surface area contributed by atoms with Gasteiger partial charge in [-0.1, -0.05) is 54.1 Å². The fraction of sp³-hybridized carbons (Fsp3) is 0. The number of hydrogen-bond acceptors (Lipinski definition) is 2. The Kier molecular flexibility index (Phi) is 4.17. The Bertz CT molecular complexity index is 794. The third kappa shape index (κ3) is 3.06. The van der Waals surface area contributed by atoms with Gasteiger partial charge in [0, 0.05) is 11.1 Å². The number of halogens is 3. The highest BCUT2D eigenvalue weighted by molar-refractivity contribution is 14.1. The molecule has 0 aliphatic carbocycles. The van der Waals surface area contributed by atoms with Crippen LogP contribution in [0.5, 0.6) is 0 Å². The predicted molar refractivity (Wildman–Crippen MR) is 90.6 cm³/mol. The molecule has 0 aliphatic rings. The van der Waals surface area contributed by atoms with E-state index in [9.17, 15) is 4.39 Å². The Labute approximate surface area is 140 Å². The summed E-state index contributed by atoms with van der Waals surface area (Å²) < 4.78 is 14.1. The number of benzene rings is 2. The van der Waals surface area contributed by atoms with Gasteiger partial charge in [-0.25, -0.2) is 14.4 Å². The molecule has 104 valence electrons. The molecule has 0 atom stereocenters. The Balaban J connectivity index is 2.19. The van der Waals surface area contributed by atoms with E-state index >= 15 is 0 Å². The standard InChI is InChI=1S/C16H9ClFIN2/c17-15-13(19)14(10-5-2-1-3-6-10)20-16(21-15)11-7-4-8-12(18)9-11/h1-9H. The van der Waals surface area contributed by atoms with Crippen LogP contribution in [0.4, 0.5) is 4.39 Å². The highest BCUT2D eigenvalue weighted by Gasteiger charge is 2.13. The van der Waals surface area contributed by atoms with Gasteiger partial charge in [0.2, 0.25) is 0 Å². The minimum absolute atomic E-state index is 0.327. The molecule has 21 heavy (non-hydrogen) atoms. The lowest BCUT2D eigenvalue weighted by molar-refractivity contribution is 0.628. The van der Waals surface area contributed by atoms with Crippen LogP contribution in [-0.2, 0) is 0 Å². The molecule has 0 saturated carbocycles. The summed E-state index contributed by atoms with van der Waals surface area (Å²) in [7, 11) is 0. The smallest absolute Gasteiger partial charge is 0.161 e. The SMILES string of the molecule is Fc1cccc(-c2nc(Cl)c(I)c(-c3ccccc3)n2)c1. The number of nitrogens with zero attached hydrogens (tertiary/aromatic N) is 2. The van der Waals surface area contributed by atoms with Gasteiger partial charge in [0.05, 0.1) is 9.26 Å². The van der Waals surface area contributed by atoms with Crippen LogP contribution < -0.4 is 0 Å². The first kappa shape index (κ1) is 14.4. The van der Waals surface area contributed by atoms with Crippen molar-refractivity contribution in [2.75, 3.05) is 0 Å². The van der Waals surface area contributed by atoms with Gasteiger partial charge in [0.25, 0.3) is 0 Å². The summed E-state index contributed by atoms with van der Waals surface area (Å²) in [6, 6.07) is 15.9. The maximum atomic E-state index is 13.4. The van der Waals surface area contributed by atoms with Gasteiger partial charge < -0.3 is 0 Å². The first-order valence-electron chi connectivity index (χ1n) is 6.19. The molecule has 3 aromatic rings. The molecule has 0 aliphatic heterocycles. The Morgan fingerprint density at radius 1 is 0.905 bits per heavy atom. The molecule has 0 radical (unpaired) electrons. The van der Waals surface area contributed by atoms with Gasteiger partial charge in [0.1, 0.15) is 11.0 Å². The third-order valence-electron chi connectivity index (χ3n) is 2.94. The molecule has 1 aromatic heterocycles. The van der Waals surface area contributed by atoms with Gasteiger partial charge >= 0.3 is 0 Å². The fourth-order valence-electron chi connectivity index (χ4n) is 1.96. The molecule has 0 N–H and O–H groups in total. The van der Waals surface area contributed by atoms with E-state index in [0.29, 0.717) is 16.5 Å². The maximum Gasteiger partial charge on any atom is 0.161 e. The van der Waals surface area contributed by atoms with E-state index in [1.54, 1.807) is 12.1 Å². The Morgan fingerprint density at radius 3 is 2.33 bits per heavy atom. The Hall–Kier alpha value is -1.53. The molecule has 5 heteroatoms. The van der Waals surface area contributed by atoms with Crippen LogP contribution in [0.15, 0.2) is 54.6 Å². The highest BCUT2D eigenvalue weighted by atomic mass is 127. The first-order chi connectivity index (χ1) is 10.1. The van der Waals surface area contributed by atoms with Gasteiger partial charge in [0.15, 0.2) is 5.82 Å². The van der Waals surface area contributed by atoms with E-state index in [2.05, 4.69) is 32.6 Å². The zero-order valence-electron chi connectivity index (χ0n) is 10.7. The second-order valence-corrected chi connectivity index (χ2v) is 5.81. The second-order valence-electron chi connectivity index (χ2n) is 4.38. The fourth-order valence-corrected chi connectivity index (χ4v) is 2.69. The monoisotopic (exact) mass is 410 g/mol. The number of rotatable bonds is 2. The molecule has 0 spiro atoms. The second kappa shape index (κ2) is 6.07. The zero-order valence-corrected chi connectivity index (χ0v) is 13.6. The van der Waals surface area contributed by atoms with Crippen molar-refractivity contribution in [1.29, 1.82) is 0 Å². The largest absolute Gasteiger partial charge is 0.227 e. The molecule has 0 amide bonds. The summed E-state index contributed by atoms with van der Waals surface area (Å²) >= 11 is 8.33. The number of aromatic nitrogens is 2. The van der Waals surface area contributed by atoms with E-state index in [1.165, 1.54) is 12.1 Å². The highest BCUT2D eigenvalue weighted by Crippen LogP contribution is 2.30. The van der Waals surface area contributed by atoms with Crippen LogP contribution in [0.3, 0.4) is 0 Å². The molecule has 1 heterocycles. The third-order valence-corrected chi connectivity index (χ3v) is 4.55. The average Bonchev–Trinajstić information content (AvgIpc) is 2.51. The molecule has 3 rings (SSSR count). The minimum atomic E-state index is -0.327. The van der Waals surface area contributed by atoms with Crippen LogP contribution in [-0.4, -0.2) is 9.97 Å². The normalized spacial score (nSPS) is 10.6. The van der Waals surface area contributed by atoms with E-state index in [-0.39, 0.29) is 5.82 Å². The summed E-state index contributed by atoms with van der Waals surface area (Å²) in [5, 5.41) is 0.365. The lowest BCUT2D eigenvalue weighted by Crippen LogP contribution is -1.97. The van der Waals surface area contributed by atoms with Crippen molar-refractivity contribution in [3.63, 3.8) is 0 Å². The van der Waals surface area contributed by atoms with Crippen LogP contribution in [0, 0.1) is 9.39 Å². The van der Waals surface area contributed by atoms with E-state index in [0.717, 1.165) is 14.8 Å². The molecule has 0 fully saturated rings. The van der Waals surface area contributed by atoms with Gasteiger partial charge in [-0.3, -0.25) is 0 Å². The quantitative estimate of drug-likeness (QED) is 0.428. The van der Waals surface area contributed by atoms with E-state index in [1.807, 2.05) is 30.3 Å². The molecule has 0 unspecified atom stereocenters. The van der Waals surface area contributed by atoms with Crippen LogP contribution in [0.2, 0.25) is 5.15 Å². The van der Waals surface area contributed by atoms with Crippen molar-refractivity contribution in [1.82, 2.24) is 9.97 Å². The molecule has 0 saturated heterocycles. The summed E-state index contributed by atoms with van der Waals surface area (Å²) in [4.78, 5) is 8.80. The van der Waals surface area contributed by atoms with Crippen LogP contribution in [0.25, 0.3) is 22.6 Å². The summed E-state index contributed by atoms with van der Waals surface area (Å²) in [5.74, 6) is 0.0887. The van der Waals surface area contributed by atoms with Crippen molar-refractivity contribution in [2.45, 2.75) is 0 Å². The van der Waals surface area contributed by atoms with E-state index in [4.69, 9.17) is 11.6 Å². The van der Waals surface area contributed by atoms with Gasteiger partial charge in [-0.2, -0.15) is 0 Å². The summed E-state index contributed by atoms with van der Waals surface area (Å²) in [6.45, 7) is 0. The van der Waals surface area contributed by atoms with Crippen LogP contribution in [0.1, 0.15) is 0 Å². The van der Waals surface area contributed by atoms with Crippen molar-refractivity contribution in [3.8, 4) is 22.6 Å². The summed E-state index contributed by atoms with van der Waals surface area (Å²) in [5.41, 5.74) is 2.30. The van der Waals surface area contributed by atoms with Gasteiger partial charge in [-0.05, 0) is 34.7 Å². The molecule has 0 bridgehead atoms. The Morgan fingerprint density at radius 2 is 1.62 bits per heavy atom. The van der Waals surface area contributed by atoms with Crippen LogP contribution >= 0.6 is 34.2 Å². The lowest BCUT2D eigenvalue weighted by atomic mass is 10.1. The topological polar surface area (TPSA) is 25.8 Å². The molecule has 2 nitrogen and oxygen atoms in total. The molecule has 2 aromatic carbocycles. The maximum absolute atomic E-state index is 13.4. The van der Waals surface area contributed by atoms with Crippen molar-refractivity contribution in [3.05, 3.63) is 69.1 Å². The van der Waals surface area contributed by atoms with Crippen molar-refractivity contribution < 1.29 is 4.39 Å². The summed E-state index contributed by atoms with van der Waals surface area (Å²) in [6.07, 6.45) is 0. The first-order valence-corrected chi connectivity index (χ1v) is 7.65. The molecular formula is C16H9ClFIN2. The van der Waals surface area contributed by atoms with Crippen molar-refractivity contribution >= 4 is 34.2 Å². The number of hydrogen-bond donors (Lipinski definition) is 0. The molecular weight excluding hydrogens is 402 g/mol.